The predicted molar refractivity (Wildman–Crippen MR) is 148 cm³/mol. The molecule has 0 aliphatic heterocycles. The molecule has 8 heteroatoms. The van der Waals surface area contributed by atoms with Crippen molar-refractivity contribution in [1.82, 2.24) is 20.6 Å². The number of rotatable bonds is 10. The van der Waals surface area contributed by atoms with Crippen LogP contribution in [0.1, 0.15) is 16.7 Å². The summed E-state index contributed by atoms with van der Waals surface area (Å²) in [7, 11) is 3.28. The largest absolute Gasteiger partial charge is 0.497 e. The van der Waals surface area contributed by atoms with Crippen molar-refractivity contribution < 1.29 is 14.2 Å². The quantitative estimate of drug-likeness (QED) is 0.222. The van der Waals surface area contributed by atoms with E-state index in [2.05, 4.69) is 44.9 Å². The number of aromatic nitrogens is 4. The van der Waals surface area contributed by atoms with Crippen molar-refractivity contribution in [3.63, 3.8) is 0 Å². The van der Waals surface area contributed by atoms with E-state index in [4.69, 9.17) is 25.8 Å². The SMILES string of the molecule is COc1cc(COc2c(CCc3ccc(-c4nn[nH]n4)cc3)cc(Cl)cc2-c2ccccc2)cc(OC)c1. The Bertz CT molecular complexity index is 1470. The number of nitrogens with zero attached hydrogens (tertiary/aromatic N) is 3. The average molecular weight is 527 g/mol. The Labute approximate surface area is 226 Å². The number of H-pyrrole nitrogens is 1. The van der Waals surface area contributed by atoms with Crippen LogP contribution >= 0.6 is 11.6 Å². The van der Waals surface area contributed by atoms with Gasteiger partial charge in [-0.05, 0) is 64.6 Å². The first kappa shape index (κ1) is 25.3. The summed E-state index contributed by atoms with van der Waals surface area (Å²) in [6.07, 6.45) is 1.56. The predicted octanol–water partition coefficient (Wildman–Crippen LogP) is 6.57. The standard InChI is InChI=1S/C30H27ClN4O3/c1-36-26-14-21(15-27(18-26)37-2)19-38-29-24(16-25(31)17-28(29)22-6-4-3-5-7-22)13-10-20-8-11-23(12-9-20)30-32-34-35-33-30/h3-9,11-12,14-18H,10,13,19H2,1-2H3,(H,32,33,34,35). The van der Waals surface area contributed by atoms with E-state index in [1.807, 2.05) is 60.7 Å². The van der Waals surface area contributed by atoms with E-state index in [0.717, 1.165) is 46.4 Å². The zero-order valence-corrected chi connectivity index (χ0v) is 21.9. The van der Waals surface area contributed by atoms with Gasteiger partial charge in [-0.25, -0.2) is 0 Å². The molecule has 0 saturated carbocycles. The van der Waals surface area contributed by atoms with E-state index < -0.39 is 0 Å². The normalized spacial score (nSPS) is 10.8. The van der Waals surface area contributed by atoms with Crippen LogP contribution in [0.3, 0.4) is 0 Å². The van der Waals surface area contributed by atoms with E-state index in [0.29, 0.717) is 29.0 Å². The Hall–Kier alpha value is -4.36. The molecule has 38 heavy (non-hydrogen) atoms. The van der Waals surface area contributed by atoms with Gasteiger partial charge in [-0.1, -0.05) is 66.2 Å². The molecule has 0 bridgehead atoms. The zero-order valence-electron chi connectivity index (χ0n) is 21.1. The molecule has 1 N–H and O–H groups in total. The average Bonchev–Trinajstić information content (AvgIpc) is 3.51. The van der Waals surface area contributed by atoms with Crippen molar-refractivity contribution in [1.29, 1.82) is 0 Å². The Morgan fingerprint density at radius 2 is 1.50 bits per heavy atom. The van der Waals surface area contributed by atoms with Crippen molar-refractivity contribution in [3.05, 3.63) is 107 Å². The molecule has 192 valence electrons. The maximum atomic E-state index is 6.62. The topological polar surface area (TPSA) is 82.2 Å². The third kappa shape index (κ3) is 5.95. The highest BCUT2D eigenvalue weighted by atomic mass is 35.5. The van der Waals surface area contributed by atoms with Gasteiger partial charge < -0.3 is 14.2 Å². The van der Waals surface area contributed by atoms with Gasteiger partial charge in [0.15, 0.2) is 0 Å². The number of ether oxygens (including phenoxy) is 3. The first-order valence-corrected chi connectivity index (χ1v) is 12.6. The fourth-order valence-corrected chi connectivity index (χ4v) is 4.57. The molecule has 5 aromatic rings. The van der Waals surface area contributed by atoms with Crippen molar-refractivity contribution in [2.45, 2.75) is 19.4 Å². The highest BCUT2D eigenvalue weighted by Crippen LogP contribution is 2.38. The maximum Gasteiger partial charge on any atom is 0.204 e. The van der Waals surface area contributed by atoms with Gasteiger partial charge in [0.05, 0.1) is 14.2 Å². The van der Waals surface area contributed by atoms with Crippen LogP contribution in [0.4, 0.5) is 0 Å². The summed E-state index contributed by atoms with van der Waals surface area (Å²) in [6.45, 7) is 0.349. The highest BCUT2D eigenvalue weighted by Gasteiger charge is 2.15. The van der Waals surface area contributed by atoms with Crippen LogP contribution in [0.5, 0.6) is 17.2 Å². The maximum absolute atomic E-state index is 6.62. The minimum absolute atomic E-state index is 0.349. The first-order chi connectivity index (χ1) is 18.6. The Balaban J connectivity index is 1.44. The van der Waals surface area contributed by atoms with Gasteiger partial charge in [0, 0.05) is 22.2 Å². The summed E-state index contributed by atoms with van der Waals surface area (Å²) >= 11 is 6.62. The first-order valence-electron chi connectivity index (χ1n) is 12.2. The zero-order chi connectivity index (χ0) is 26.3. The summed E-state index contributed by atoms with van der Waals surface area (Å²) < 4.78 is 17.4. The fourth-order valence-electron chi connectivity index (χ4n) is 4.33. The second kappa shape index (κ2) is 11.8. The van der Waals surface area contributed by atoms with Crippen LogP contribution < -0.4 is 14.2 Å². The van der Waals surface area contributed by atoms with E-state index >= 15 is 0 Å². The lowest BCUT2D eigenvalue weighted by Crippen LogP contribution is -2.03. The van der Waals surface area contributed by atoms with Crippen molar-refractivity contribution in [2.24, 2.45) is 0 Å². The van der Waals surface area contributed by atoms with Crippen LogP contribution in [0.15, 0.2) is 84.9 Å². The van der Waals surface area contributed by atoms with E-state index in [-0.39, 0.29) is 0 Å². The van der Waals surface area contributed by atoms with Crippen LogP contribution in [-0.4, -0.2) is 34.8 Å². The number of benzene rings is 4. The molecule has 1 heterocycles. The Kier molecular flexibility index (Phi) is 7.85. The second-order valence-electron chi connectivity index (χ2n) is 8.75. The minimum atomic E-state index is 0.349. The third-order valence-corrected chi connectivity index (χ3v) is 6.47. The molecule has 5 rings (SSSR count). The minimum Gasteiger partial charge on any atom is -0.497 e. The highest BCUT2D eigenvalue weighted by molar-refractivity contribution is 6.31. The van der Waals surface area contributed by atoms with Crippen molar-refractivity contribution in [3.8, 4) is 39.8 Å². The van der Waals surface area contributed by atoms with E-state index in [1.165, 1.54) is 5.56 Å². The molecule has 7 nitrogen and oxygen atoms in total. The molecule has 4 aromatic carbocycles. The van der Waals surface area contributed by atoms with Crippen LogP contribution in [0, 0.1) is 0 Å². The van der Waals surface area contributed by atoms with Crippen molar-refractivity contribution in [2.75, 3.05) is 14.2 Å². The van der Waals surface area contributed by atoms with Crippen LogP contribution in [-0.2, 0) is 19.4 Å². The van der Waals surface area contributed by atoms with E-state index in [1.54, 1.807) is 14.2 Å². The van der Waals surface area contributed by atoms with Gasteiger partial charge in [0.25, 0.3) is 0 Å². The number of hydrogen-bond donors (Lipinski definition) is 1. The third-order valence-electron chi connectivity index (χ3n) is 6.25. The van der Waals surface area contributed by atoms with Crippen LogP contribution in [0.2, 0.25) is 5.02 Å². The number of aromatic amines is 1. The molecule has 0 amide bonds. The molecule has 0 radical (unpaired) electrons. The second-order valence-corrected chi connectivity index (χ2v) is 9.19. The molecular formula is C30H27ClN4O3. The molecule has 0 spiro atoms. The fraction of sp³-hybridized carbons (Fsp3) is 0.167. The van der Waals surface area contributed by atoms with Gasteiger partial charge >= 0.3 is 0 Å². The molecule has 0 saturated heterocycles. The number of tetrazole rings is 1. The number of nitrogens with one attached hydrogen (secondary N) is 1. The van der Waals surface area contributed by atoms with Gasteiger partial charge in [-0.3, -0.25) is 0 Å². The smallest absolute Gasteiger partial charge is 0.204 e. The monoisotopic (exact) mass is 526 g/mol. The molecule has 0 fully saturated rings. The van der Waals surface area contributed by atoms with Gasteiger partial charge in [0.2, 0.25) is 5.82 Å². The van der Waals surface area contributed by atoms with Crippen molar-refractivity contribution >= 4 is 11.6 Å². The van der Waals surface area contributed by atoms with Crippen LogP contribution in [0.25, 0.3) is 22.5 Å². The summed E-state index contributed by atoms with van der Waals surface area (Å²) in [5, 5.41) is 14.9. The lowest BCUT2D eigenvalue weighted by atomic mass is 9.97. The van der Waals surface area contributed by atoms with Gasteiger partial charge in [-0.2, -0.15) is 5.21 Å². The number of halogens is 1. The van der Waals surface area contributed by atoms with Gasteiger partial charge in [-0.15, -0.1) is 10.2 Å². The lowest BCUT2D eigenvalue weighted by molar-refractivity contribution is 0.302. The molecule has 0 atom stereocenters. The lowest BCUT2D eigenvalue weighted by Gasteiger charge is -2.18. The molecule has 1 aromatic heterocycles. The number of methoxy groups -OCH3 is 2. The molecule has 0 aliphatic carbocycles. The molecular weight excluding hydrogens is 500 g/mol. The van der Waals surface area contributed by atoms with E-state index in [9.17, 15) is 0 Å². The number of hydrogen-bond acceptors (Lipinski definition) is 6. The summed E-state index contributed by atoms with van der Waals surface area (Å²) in [6, 6.07) is 28.0. The molecule has 0 aliphatic rings. The Morgan fingerprint density at radius 1 is 0.763 bits per heavy atom. The summed E-state index contributed by atoms with van der Waals surface area (Å²) in [5.41, 5.74) is 6.07. The molecule has 0 unspecified atom stereocenters. The number of aryl methyl sites for hydroxylation is 2. The summed E-state index contributed by atoms with van der Waals surface area (Å²) in [5.74, 6) is 2.81. The van der Waals surface area contributed by atoms with Gasteiger partial charge in [0.1, 0.15) is 23.9 Å². The summed E-state index contributed by atoms with van der Waals surface area (Å²) in [4.78, 5) is 0. The Morgan fingerprint density at radius 3 is 2.16 bits per heavy atom.